The fraction of sp³-hybridized carbons (Fsp3) is 0.562. The summed E-state index contributed by atoms with van der Waals surface area (Å²) in [6.45, 7) is 3.48. The maximum atomic E-state index is 11.5. The Morgan fingerprint density at radius 3 is 3.10 bits per heavy atom. The van der Waals surface area contributed by atoms with Gasteiger partial charge in [-0.1, -0.05) is 6.92 Å². The largest absolute Gasteiger partial charge is 0.497 e. The zero-order chi connectivity index (χ0) is 14.4. The number of carbonyl (C=O) groups is 1. The molecular weight excluding hydrogens is 254 g/mol. The van der Waals surface area contributed by atoms with Gasteiger partial charge in [-0.05, 0) is 43.4 Å². The molecule has 1 unspecified atom stereocenters. The third-order valence-corrected chi connectivity index (χ3v) is 3.67. The lowest BCUT2D eigenvalue weighted by molar-refractivity contribution is -0.121. The van der Waals surface area contributed by atoms with E-state index in [1.807, 2.05) is 25.1 Å². The van der Waals surface area contributed by atoms with Crippen molar-refractivity contribution in [2.75, 3.05) is 20.3 Å². The Morgan fingerprint density at radius 1 is 1.50 bits per heavy atom. The van der Waals surface area contributed by atoms with E-state index in [4.69, 9.17) is 9.47 Å². The summed E-state index contributed by atoms with van der Waals surface area (Å²) in [6, 6.07) is 5.94. The normalized spacial score (nSPS) is 17.0. The van der Waals surface area contributed by atoms with Crippen molar-refractivity contribution in [3.8, 4) is 11.5 Å². The zero-order valence-corrected chi connectivity index (χ0v) is 12.3. The summed E-state index contributed by atoms with van der Waals surface area (Å²) >= 11 is 0. The maximum absolute atomic E-state index is 11.5. The standard InChI is InChI=1S/C16H23NO3/c1-3-4-16(18)17-9-7-12-8-10-20-15-6-5-13(19-2)11-14(12)15/h5-6,11-12H,3-4,7-10H2,1-2H3,(H,17,18). The third kappa shape index (κ3) is 3.65. The van der Waals surface area contributed by atoms with Gasteiger partial charge in [0.05, 0.1) is 13.7 Å². The smallest absolute Gasteiger partial charge is 0.219 e. The first-order chi connectivity index (χ1) is 9.74. The first-order valence-electron chi connectivity index (χ1n) is 7.32. The van der Waals surface area contributed by atoms with Crippen molar-refractivity contribution in [2.45, 2.75) is 38.5 Å². The summed E-state index contributed by atoms with van der Waals surface area (Å²) in [5, 5.41) is 2.98. The van der Waals surface area contributed by atoms with Gasteiger partial charge in [-0.3, -0.25) is 4.79 Å². The van der Waals surface area contributed by atoms with Gasteiger partial charge < -0.3 is 14.8 Å². The molecule has 1 aliphatic rings. The molecule has 20 heavy (non-hydrogen) atoms. The molecule has 1 aromatic rings. The molecule has 1 heterocycles. The summed E-state index contributed by atoms with van der Waals surface area (Å²) in [4.78, 5) is 11.5. The molecule has 1 atom stereocenters. The van der Waals surface area contributed by atoms with Gasteiger partial charge in [0.25, 0.3) is 0 Å². The molecule has 0 bridgehead atoms. The molecule has 4 heteroatoms. The second kappa shape index (κ2) is 7.17. The minimum atomic E-state index is 0.144. The summed E-state index contributed by atoms with van der Waals surface area (Å²) in [5.41, 5.74) is 1.19. The molecule has 0 fully saturated rings. The van der Waals surface area contributed by atoms with Crippen LogP contribution in [0.5, 0.6) is 11.5 Å². The van der Waals surface area contributed by atoms with Gasteiger partial charge >= 0.3 is 0 Å². The van der Waals surface area contributed by atoms with Crippen molar-refractivity contribution in [2.24, 2.45) is 0 Å². The summed E-state index contributed by atoms with van der Waals surface area (Å²) < 4.78 is 11.0. The number of ether oxygens (including phenoxy) is 2. The van der Waals surface area contributed by atoms with Crippen LogP contribution in [0.25, 0.3) is 0 Å². The van der Waals surface area contributed by atoms with E-state index in [0.29, 0.717) is 12.3 Å². The van der Waals surface area contributed by atoms with Crippen molar-refractivity contribution >= 4 is 5.91 Å². The number of methoxy groups -OCH3 is 1. The van der Waals surface area contributed by atoms with Gasteiger partial charge in [-0.2, -0.15) is 0 Å². The molecule has 0 aromatic heterocycles. The van der Waals surface area contributed by atoms with Crippen LogP contribution in [0.4, 0.5) is 0 Å². The Morgan fingerprint density at radius 2 is 2.35 bits per heavy atom. The van der Waals surface area contributed by atoms with E-state index >= 15 is 0 Å². The monoisotopic (exact) mass is 277 g/mol. The molecule has 1 aliphatic heterocycles. The van der Waals surface area contributed by atoms with Gasteiger partial charge in [0.2, 0.25) is 5.91 Å². The first-order valence-corrected chi connectivity index (χ1v) is 7.32. The molecule has 0 saturated carbocycles. The van der Waals surface area contributed by atoms with Gasteiger partial charge in [-0.25, -0.2) is 0 Å². The lowest BCUT2D eigenvalue weighted by Crippen LogP contribution is -2.26. The number of nitrogens with one attached hydrogen (secondary N) is 1. The Hall–Kier alpha value is -1.71. The average Bonchev–Trinajstić information content (AvgIpc) is 2.47. The first kappa shape index (κ1) is 14.7. The number of amides is 1. The van der Waals surface area contributed by atoms with Crippen molar-refractivity contribution in [3.05, 3.63) is 23.8 Å². The van der Waals surface area contributed by atoms with Crippen LogP contribution in [0, 0.1) is 0 Å². The maximum Gasteiger partial charge on any atom is 0.219 e. The predicted molar refractivity (Wildman–Crippen MR) is 78.4 cm³/mol. The second-order valence-electron chi connectivity index (χ2n) is 5.13. The minimum absolute atomic E-state index is 0.144. The zero-order valence-electron chi connectivity index (χ0n) is 12.3. The van der Waals surface area contributed by atoms with E-state index in [2.05, 4.69) is 5.32 Å². The molecule has 0 spiro atoms. The minimum Gasteiger partial charge on any atom is -0.497 e. The Bertz CT molecular complexity index is 459. The number of benzene rings is 1. The predicted octanol–water partition coefficient (Wildman–Crippen LogP) is 2.87. The van der Waals surface area contributed by atoms with Crippen LogP contribution in [-0.4, -0.2) is 26.2 Å². The Balaban J connectivity index is 1.95. The number of carbonyl (C=O) groups excluding carboxylic acids is 1. The highest BCUT2D eigenvalue weighted by molar-refractivity contribution is 5.75. The van der Waals surface area contributed by atoms with Crippen LogP contribution < -0.4 is 14.8 Å². The SMILES string of the molecule is CCCC(=O)NCCC1CCOc2ccc(OC)cc21. The van der Waals surface area contributed by atoms with Crippen LogP contribution in [-0.2, 0) is 4.79 Å². The molecular formula is C16H23NO3. The van der Waals surface area contributed by atoms with Crippen molar-refractivity contribution < 1.29 is 14.3 Å². The van der Waals surface area contributed by atoms with Crippen LogP contribution in [0.1, 0.15) is 44.1 Å². The van der Waals surface area contributed by atoms with E-state index in [9.17, 15) is 4.79 Å². The molecule has 1 amide bonds. The molecule has 2 rings (SSSR count). The number of rotatable bonds is 6. The summed E-state index contributed by atoms with van der Waals surface area (Å²) in [7, 11) is 1.67. The Labute approximate surface area is 120 Å². The second-order valence-corrected chi connectivity index (χ2v) is 5.13. The Kier molecular flexibility index (Phi) is 5.27. The van der Waals surface area contributed by atoms with Gasteiger partial charge in [0, 0.05) is 18.5 Å². The number of hydrogen-bond donors (Lipinski definition) is 1. The van der Waals surface area contributed by atoms with Crippen molar-refractivity contribution in [3.63, 3.8) is 0 Å². The lowest BCUT2D eigenvalue weighted by Gasteiger charge is -2.26. The van der Waals surface area contributed by atoms with Crippen LogP contribution >= 0.6 is 0 Å². The van der Waals surface area contributed by atoms with E-state index in [0.717, 1.165) is 43.9 Å². The van der Waals surface area contributed by atoms with Crippen molar-refractivity contribution in [1.29, 1.82) is 0 Å². The quantitative estimate of drug-likeness (QED) is 0.869. The fourth-order valence-electron chi connectivity index (χ4n) is 2.57. The molecule has 1 N–H and O–H groups in total. The van der Waals surface area contributed by atoms with E-state index < -0.39 is 0 Å². The molecule has 0 radical (unpaired) electrons. The van der Waals surface area contributed by atoms with Crippen LogP contribution in [0.2, 0.25) is 0 Å². The summed E-state index contributed by atoms with van der Waals surface area (Å²) in [5.74, 6) is 2.37. The third-order valence-electron chi connectivity index (χ3n) is 3.67. The van der Waals surface area contributed by atoms with Gasteiger partial charge in [0.15, 0.2) is 0 Å². The highest BCUT2D eigenvalue weighted by Gasteiger charge is 2.21. The van der Waals surface area contributed by atoms with E-state index in [-0.39, 0.29) is 5.91 Å². The highest BCUT2D eigenvalue weighted by Crippen LogP contribution is 2.37. The van der Waals surface area contributed by atoms with Gasteiger partial charge in [0.1, 0.15) is 11.5 Å². The molecule has 0 saturated heterocycles. The van der Waals surface area contributed by atoms with Crippen LogP contribution in [0.15, 0.2) is 18.2 Å². The van der Waals surface area contributed by atoms with Crippen molar-refractivity contribution in [1.82, 2.24) is 5.32 Å². The van der Waals surface area contributed by atoms with E-state index in [1.165, 1.54) is 5.56 Å². The number of hydrogen-bond acceptors (Lipinski definition) is 3. The fourth-order valence-corrected chi connectivity index (χ4v) is 2.57. The van der Waals surface area contributed by atoms with Gasteiger partial charge in [-0.15, -0.1) is 0 Å². The molecule has 4 nitrogen and oxygen atoms in total. The lowest BCUT2D eigenvalue weighted by atomic mass is 9.90. The molecule has 110 valence electrons. The van der Waals surface area contributed by atoms with E-state index in [1.54, 1.807) is 7.11 Å². The topological polar surface area (TPSA) is 47.6 Å². The average molecular weight is 277 g/mol. The molecule has 1 aromatic carbocycles. The highest BCUT2D eigenvalue weighted by atomic mass is 16.5. The number of fused-ring (bicyclic) bond motifs is 1. The summed E-state index contributed by atoms with van der Waals surface area (Å²) in [6.07, 6.45) is 3.43. The van der Waals surface area contributed by atoms with Crippen LogP contribution in [0.3, 0.4) is 0 Å². The molecule has 0 aliphatic carbocycles.